The van der Waals surface area contributed by atoms with E-state index in [2.05, 4.69) is 31.1 Å². The molecule has 0 aliphatic heterocycles. The molecule has 0 spiro atoms. The molecule has 0 bridgehead atoms. The minimum atomic E-state index is 0.0591. The molecule has 0 aromatic carbocycles. The molecule has 0 amide bonds. The van der Waals surface area contributed by atoms with E-state index >= 15 is 0 Å². The molecule has 92 valence electrons. The van der Waals surface area contributed by atoms with Crippen molar-refractivity contribution in [2.24, 2.45) is 5.92 Å². The number of aliphatic hydroxyl groups excluding tert-OH is 1. The van der Waals surface area contributed by atoms with Crippen LogP contribution in [-0.4, -0.2) is 16.6 Å². The van der Waals surface area contributed by atoms with Gasteiger partial charge in [-0.15, -0.1) is 11.3 Å². The van der Waals surface area contributed by atoms with Gasteiger partial charge in [0.05, 0.1) is 12.3 Å². The van der Waals surface area contributed by atoms with Crippen LogP contribution < -0.4 is 5.32 Å². The van der Waals surface area contributed by atoms with Gasteiger partial charge in [-0.05, 0) is 25.3 Å². The number of hydrogen-bond acceptors (Lipinski definition) is 4. The van der Waals surface area contributed by atoms with E-state index in [4.69, 9.17) is 5.11 Å². The molecule has 4 heteroatoms. The number of aliphatic hydroxyl groups is 1. The van der Waals surface area contributed by atoms with Crippen LogP contribution in [0.25, 0.3) is 0 Å². The molecule has 0 aliphatic rings. The molecule has 0 aliphatic carbocycles. The van der Waals surface area contributed by atoms with E-state index in [1.165, 1.54) is 4.88 Å². The minimum absolute atomic E-state index is 0.0591. The predicted molar refractivity (Wildman–Crippen MR) is 68.6 cm³/mol. The summed E-state index contributed by atoms with van der Waals surface area (Å²) in [7, 11) is 0. The van der Waals surface area contributed by atoms with Crippen LogP contribution in [0.15, 0.2) is 0 Å². The fourth-order valence-electron chi connectivity index (χ4n) is 1.57. The van der Waals surface area contributed by atoms with Gasteiger partial charge in [0.1, 0.15) is 5.01 Å². The number of thiazole rings is 1. The quantitative estimate of drug-likeness (QED) is 0.721. The van der Waals surface area contributed by atoms with Crippen LogP contribution >= 0.6 is 11.3 Å². The normalized spacial score (nSPS) is 11.3. The van der Waals surface area contributed by atoms with Crippen molar-refractivity contribution >= 4 is 11.3 Å². The second-order valence-corrected chi connectivity index (χ2v) is 5.58. The van der Waals surface area contributed by atoms with Gasteiger partial charge in [0.15, 0.2) is 0 Å². The van der Waals surface area contributed by atoms with E-state index in [1.807, 2.05) is 0 Å². The molecule has 0 unspecified atom stereocenters. The summed E-state index contributed by atoms with van der Waals surface area (Å²) in [5.74, 6) is 0.610. The first-order valence-electron chi connectivity index (χ1n) is 5.96. The van der Waals surface area contributed by atoms with Gasteiger partial charge < -0.3 is 10.4 Å². The number of rotatable bonds is 7. The maximum atomic E-state index is 9.11. The zero-order valence-corrected chi connectivity index (χ0v) is 11.2. The molecule has 1 rings (SSSR count). The lowest BCUT2D eigenvalue weighted by atomic mass is 10.1. The Morgan fingerprint density at radius 1 is 1.44 bits per heavy atom. The van der Waals surface area contributed by atoms with Crippen molar-refractivity contribution in [2.75, 3.05) is 6.54 Å². The minimum Gasteiger partial charge on any atom is -0.389 e. The fraction of sp³-hybridized carbons (Fsp3) is 0.750. The average molecular weight is 242 g/mol. The summed E-state index contributed by atoms with van der Waals surface area (Å²) in [6, 6.07) is 0. The largest absolute Gasteiger partial charge is 0.389 e. The van der Waals surface area contributed by atoms with Gasteiger partial charge in [0.25, 0.3) is 0 Å². The SMILES string of the molecule is CCCNCc1sc(CO)nc1CC(C)C. The highest BCUT2D eigenvalue weighted by Gasteiger charge is 2.11. The number of hydrogen-bond donors (Lipinski definition) is 2. The average Bonchev–Trinajstić information content (AvgIpc) is 2.60. The molecule has 0 fully saturated rings. The fourth-order valence-corrected chi connectivity index (χ4v) is 2.49. The second kappa shape index (κ2) is 6.99. The first kappa shape index (κ1) is 13.6. The van der Waals surface area contributed by atoms with Crippen LogP contribution in [0.3, 0.4) is 0 Å². The van der Waals surface area contributed by atoms with Crippen molar-refractivity contribution in [2.45, 2.75) is 46.8 Å². The Hall–Kier alpha value is -0.450. The van der Waals surface area contributed by atoms with E-state index in [9.17, 15) is 0 Å². The van der Waals surface area contributed by atoms with E-state index in [0.717, 1.165) is 36.6 Å². The number of nitrogens with one attached hydrogen (secondary N) is 1. The Labute approximate surface area is 102 Å². The third-order valence-electron chi connectivity index (χ3n) is 2.27. The number of aromatic nitrogens is 1. The van der Waals surface area contributed by atoms with Crippen molar-refractivity contribution in [3.05, 3.63) is 15.6 Å². The molecule has 0 atom stereocenters. The summed E-state index contributed by atoms with van der Waals surface area (Å²) < 4.78 is 0. The van der Waals surface area contributed by atoms with E-state index in [1.54, 1.807) is 11.3 Å². The molecular formula is C12H22N2OS. The molecule has 1 aromatic heterocycles. The molecule has 3 nitrogen and oxygen atoms in total. The highest BCUT2D eigenvalue weighted by Crippen LogP contribution is 2.21. The Balaban J connectivity index is 2.66. The Morgan fingerprint density at radius 2 is 2.19 bits per heavy atom. The monoisotopic (exact) mass is 242 g/mol. The smallest absolute Gasteiger partial charge is 0.119 e. The van der Waals surface area contributed by atoms with Crippen LogP contribution in [0.4, 0.5) is 0 Å². The maximum Gasteiger partial charge on any atom is 0.119 e. The summed E-state index contributed by atoms with van der Waals surface area (Å²) in [6.45, 7) is 8.53. The van der Waals surface area contributed by atoms with E-state index in [0.29, 0.717) is 5.92 Å². The zero-order chi connectivity index (χ0) is 12.0. The molecule has 1 aromatic rings. The van der Waals surface area contributed by atoms with Crippen molar-refractivity contribution in [3.63, 3.8) is 0 Å². The van der Waals surface area contributed by atoms with Crippen LogP contribution in [0.5, 0.6) is 0 Å². The van der Waals surface area contributed by atoms with Gasteiger partial charge in [0.2, 0.25) is 0 Å². The first-order valence-corrected chi connectivity index (χ1v) is 6.78. The molecule has 0 radical (unpaired) electrons. The molecule has 0 saturated carbocycles. The summed E-state index contributed by atoms with van der Waals surface area (Å²) in [5, 5.41) is 13.3. The third-order valence-corrected chi connectivity index (χ3v) is 3.35. The van der Waals surface area contributed by atoms with Crippen molar-refractivity contribution in [1.29, 1.82) is 0 Å². The third kappa shape index (κ3) is 4.20. The number of nitrogens with zero attached hydrogens (tertiary/aromatic N) is 1. The maximum absolute atomic E-state index is 9.11. The van der Waals surface area contributed by atoms with Gasteiger partial charge in [-0.25, -0.2) is 4.98 Å². The van der Waals surface area contributed by atoms with Gasteiger partial charge in [-0.1, -0.05) is 20.8 Å². The lowest BCUT2D eigenvalue weighted by Gasteiger charge is -2.05. The summed E-state index contributed by atoms with van der Waals surface area (Å²) >= 11 is 1.63. The lowest BCUT2D eigenvalue weighted by molar-refractivity contribution is 0.281. The Morgan fingerprint density at radius 3 is 2.75 bits per heavy atom. The molecular weight excluding hydrogens is 220 g/mol. The van der Waals surface area contributed by atoms with Crippen molar-refractivity contribution < 1.29 is 5.11 Å². The van der Waals surface area contributed by atoms with Gasteiger partial charge in [0, 0.05) is 11.4 Å². The van der Waals surface area contributed by atoms with Crippen LogP contribution in [-0.2, 0) is 19.6 Å². The summed E-state index contributed by atoms with van der Waals surface area (Å²) in [5.41, 5.74) is 1.16. The molecule has 1 heterocycles. The molecule has 16 heavy (non-hydrogen) atoms. The van der Waals surface area contributed by atoms with Gasteiger partial charge in [-0.2, -0.15) is 0 Å². The van der Waals surface area contributed by atoms with Crippen molar-refractivity contribution in [1.82, 2.24) is 10.3 Å². The predicted octanol–water partition coefficient (Wildman–Crippen LogP) is 2.33. The lowest BCUT2D eigenvalue weighted by Crippen LogP contribution is -2.14. The van der Waals surface area contributed by atoms with Gasteiger partial charge in [-0.3, -0.25) is 0 Å². The van der Waals surface area contributed by atoms with Crippen molar-refractivity contribution in [3.8, 4) is 0 Å². The molecule has 0 saturated heterocycles. The standard InChI is InChI=1S/C12H22N2OS/c1-4-5-13-7-11-10(6-9(2)3)14-12(8-15)16-11/h9,13,15H,4-8H2,1-3H3. The van der Waals surface area contributed by atoms with Crippen LogP contribution in [0.2, 0.25) is 0 Å². The van der Waals surface area contributed by atoms with Gasteiger partial charge >= 0.3 is 0 Å². The highest BCUT2D eigenvalue weighted by molar-refractivity contribution is 7.11. The van der Waals surface area contributed by atoms with Crippen LogP contribution in [0.1, 0.15) is 42.8 Å². The topological polar surface area (TPSA) is 45.1 Å². The van der Waals surface area contributed by atoms with E-state index < -0.39 is 0 Å². The second-order valence-electron chi connectivity index (χ2n) is 4.41. The van der Waals surface area contributed by atoms with Crippen LogP contribution in [0, 0.1) is 5.92 Å². The summed E-state index contributed by atoms with van der Waals surface area (Å²) in [4.78, 5) is 5.76. The van der Waals surface area contributed by atoms with E-state index in [-0.39, 0.29) is 6.61 Å². The Kier molecular flexibility index (Phi) is 5.95. The summed E-state index contributed by atoms with van der Waals surface area (Å²) in [6.07, 6.45) is 2.14. The zero-order valence-electron chi connectivity index (χ0n) is 10.4. The Bertz CT molecular complexity index is 310. The highest BCUT2D eigenvalue weighted by atomic mass is 32.1. The molecule has 2 N–H and O–H groups in total. The first-order chi connectivity index (χ1) is 7.67.